The molecular weight excluding hydrogens is 517 g/mol. The van der Waals surface area contributed by atoms with Gasteiger partial charge in [0.15, 0.2) is 0 Å². The number of hydrogen-bond donors (Lipinski definition) is 2. The standard InChI is InChI=1S/C26H39Cl2N5O4/c1-6-17(3)14-22(26(36)37-7-2)31-25(35)21(29-18(4)34)16-24-30-20-15-19(8-9-23(20)32(24)5)33(12-10-27)13-11-28/h8-9,15,17,21-22H,6-7,10-14,16H2,1-5H3,(H,29,34)(H,31,35)/t17?,21-,22-/m0/s1. The third kappa shape index (κ3) is 8.78. The molecule has 0 fully saturated rings. The zero-order valence-corrected chi connectivity index (χ0v) is 23.9. The third-order valence-corrected chi connectivity index (χ3v) is 6.67. The second-order valence-corrected chi connectivity index (χ2v) is 9.90. The molecule has 1 aromatic heterocycles. The van der Waals surface area contributed by atoms with E-state index in [0.717, 1.165) is 23.1 Å². The second-order valence-electron chi connectivity index (χ2n) is 9.14. The molecule has 2 rings (SSSR count). The number of rotatable bonds is 15. The predicted octanol–water partition coefficient (Wildman–Crippen LogP) is 3.39. The molecule has 37 heavy (non-hydrogen) atoms. The summed E-state index contributed by atoms with van der Waals surface area (Å²) in [6.45, 7) is 8.64. The van der Waals surface area contributed by atoms with Crippen LogP contribution in [0.1, 0.15) is 46.4 Å². The van der Waals surface area contributed by atoms with Gasteiger partial charge in [0.25, 0.3) is 0 Å². The van der Waals surface area contributed by atoms with E-state index in [9.17, 15) is 14.4 Å². The maximum Gasteiger partial charge on any atom is 0.328 e. The Kier molecular flexibility index (Phi) is 12.5. The van der Waals surface area contributed by atoms with E-state index in [1.54, 1.807) is 6.92 Å². The SMILES string of the molecule is CCOC(=O)[C@H](CC(C)CC)NC(=O)[C@H](Cc1nc2cc(N(CCCl)CCCl)ccc2n1C)NC(C)=O. The highest BCUT2D eigenvalue weighted by Crippen LogP contribution is 2.23. The summed E-state index contributed by atoms with van der Waals surface area (Å²) >= 11 is 11.9. The molecule has 0 spiro atoms. The molecule has 3 atom stereocenters. The van der Waals surface area contributed by atoms with Crippen LogP contribution in [0, 0.1) is 5.92 Å². The molecule has 1 heterocycles. The summed E-state index contributed by atoms with van der Waals surface area (Å²) in [5.41, 5.74) is 2.60. The predicted molar refractivity (Wildman–Crippen MR) is 148 cm³/mol. The molecule has 0 aliphatic heterocycles. The van der Waals surface area contributed by atoms with Crippen LogP contribution in [0.5, 0.6) is 0 Å². The number of imidazole rings is 1. The van der Waals surface area contributed by atoms with Gasteiger partial charge in [-0.1, -0.05) is 20.3 Å². The lowest BCUT2D eigenvalue weighted by Crippen LogP contribution is -2.53. The second kappa shape index (κ2) is 15.0. The molecule has 1 unspecified atom stereocenters. The number of anilines is 1. The van der Waals surface area contributed by atoms with Gasteiger partial charge in [-0.05, 0) is 37.5 Å². The van der Waals surface area contributed by atoms with Crippen LogP contribution in [0.15, 0.2) is 18.2 Å². The molecule has 0 saturated carbocycles. The van der Waals surface area contributed by atoms with Crippen molar-refractivity contribution in [3.8, 4) is 0 Å². The Morgan fingerprint density at radius 3 is 2.35 bits per heavy atom. The number of nitrogens with one attached hydrogen (secondary N) is 2. The van der Waals surface area contributed by atoms with Crippen LogP contribution >= 0.6 is 23.2 Å². The zero-order chi connectivity index (χ0) is 27.5. The van der Waals surface area contributed by atoms with E-state index in [4.69, 9.17) is 32.9 Å². The lowest BCUT2D eigenvalue weighted by molar-refractivity contribution is -0.148. The van der Waals surface area contributed by atoms with Gasteiger partial charge in [-0.2, -0.15) is 0 Å². The normalized spacial score (nSPS) is 13.6. The summed E-state index contributed by atoms with van der Waals surface area (Å²) in [4.78, 5) is 44.6. The van der Waals surface area contributed by atoms with Crippen molar-refractivity contribution in [3.63, 3.8) is 0 Å². The van der Waals surface area contributed by atoms with Crippen molar-refractivity contribution in [2.24, 2.45) is 13.0 Å². The first-order valence-corrected chi connectivity index (χ1v) is 13.8. The number of aromatic nitrogens is 2. The molecule has 11 heteroatoms. The Bertz CT molecular complexity index is 1060. The Labute approximate surface area is 229 Å². The van der Waals surface area contributed by atoms with Gasteiger partial charge in [0.1, 0.15) is 17.9 Å². The van der Waals surface area contributed by atoms with E-state index in [0.29, 0.717) is 37.1 Å². The lowest BCUT2D eigenvalue weighted by atomic mass is 9.99. The number of ether oxygens (including phenoxy) is 1. The van der Waals surface area contributed by atoms with Gasteiger partial charge in [0.2, 0.25) is 11.8 Å². The van der Waals surface area contributed by atoms with Gasteiger partial charge in [-0.15, -0.1) is 23.2 Å². The molecule has 0 saturated heterocycles. The van der Waals surface area contributed by atoms with E-state index in [1.807, 2.05) is 43.7 Å². The Balaban J connectivity index is 2.31. The number of alkyl halides is 2. The number of hydrogen-bond acceptors (Lipinski definition) is 6. The maximum atomic E-state index is 13.3. The minimum Gasteiger partial charge on any atom is -0.464 e. The first-order chi connectivity index (χ1) is 17.6. The molecule has 0 aliphatic rings. The van der Waals surface area contributed by atoms with Crippen LogP contribution in [0.3, 0.4) is 0 Å². The zero-order valence-electron chi connectivity index (χ0n) is 22.4. The highest BCUT2D eigenvalue weighted by atomic mass is 35.5. The molecular formula is C26H39Cl2N5O4. The van der Waals surface area contributed by atoms with E-state index in [-0.39, 0.29) is 24.9 Å². The smallest absolute Gasteiger partial charge is 0.328 e. The van der Waals surface area contributed by atoms with Crippen molar-refractivity contribution >= 4 is 57.7 Å². The summed E-state index contributed by atoms with van der Waals surface area (Å²) in [5, 5.41) is 5.51. The summed E-state index contributed by atoms with van der Waals surface area (Å²) in [6, 6.07) is 4.22. The van der Waals surface area contributed by atoms with Crippen LogP contribution in [0.25, 0.3) is 11.0 Å². The first-order valence-electron chi connectivity index (χ1n) is 12.7. The van der Waals surface area contributed by atoms with E-state index in [2.05, 4.69) is 15.5 Å². The number of carbonyl (C=O) groups is 3. The van der Waals surface area contributed by atoms with E-state index < -0.39 is 24.0 Å². The van der Waals surface area contributed by atoms with Gasteiger partial charge < -0.3 is 24.8 Å². The van der Waals surface area contributed by atoms with Crippen LogP contribution < -0.4 is 15.5 Å². The van der Waals surface area contributed by atoms with Crippen molar-refractivity contribution in [1.29, 1.82) is 0 Å². The number of aryl methyl sites for hydroxylation is 1. The summed E-state index contributed by atoms with van der Waals surface area (Å²) in [7, 11) is 1.87. The summed E-state index contributed by atoms with van der Waals surface area (Å²) < 4.78 is 7.07. The number of esters is 1. The Hall–Kier alpha value is -2.52. The minimum absolute atomic E-state index is 0.151. The molecule has 206 valence electrons. The van der Waals surface area contributed by atoms with Crippen LogP contribution in [-0.4, -0.2) is 70.9 Å². The van der Waals surface area contributed by atoms with Crippen LogP contribution in [-0.2, 0) is 32.6 Å². The van der Waals surface area contributed by atoms with Crippen molar-refractivity contribution in [2.75, 3.05) is 36.4 Å². The van der Waals surface area contributed by atoms with Crippen molar-refractivity contribution < 1.29 is 19.1 Å². The molecule has 0 radical (unpaired) electrons. The molecule has 9 nitrogen and oxygen atoms in total. The fraction of sp³-hybridized carbons (Fsp3) is 0.615. The first kappa shape index (κ1) is 30.7. The third-order valence-electron chi connectivity index (χ3n) is 6.33. The van der Waals surface area contributed by atoms with Crippen molar-refractivity contribution in [3.05, 3.63) is 24.0 Å². The number of amides is 2. The van der Waals surface area contributed by atoms with Gasteiger partial charge in [0, 0.05) is 50.9 Å². The average molecular weight is 557 g/mol. The van der Waals surface area contributed by atoms with Gasteiger partial charge in [-0.3, -0.25) is 9.59 Å². The minimum atomic E-state index is -0.912. The fourth-order valence-corrected chi connectivity index (χ4v) is 4.53. The number of benzene rings is 1. The molecule has 2 N–H and O–H groups in total. The van der Waals surface area contributed by atoms with Crippen LogP contribution in [0.4, 0.5) is 5.69 Å². The van der Waals surface area contributed by atoms with Crippen molar-refractivity contribution in [2.45, 2.75) is 59.0 Å². The topological polar surface area (TPSA) is 106 Å². The van der Waals surface area contributed by atoms with E-state index >= 15 is 0 Å². The van der Waals surface area contributed by atoms with Gasteiger partial charge >= 0.3 is 5.97 Å². The Morgan fingerprint density at radius 2 is 1.78 bits per heavy atom. The van der Waals surface area contributed by atoms with Gasteiger partial charge in [0.05, 0.1) is 17.6 Å². The maximum absolute atomic E-state index is 13.3. The van der Waals surface area contributed by atoms with Crippen LogP contribution in [0.2, 0.25) is 0 Å². The Morgan fingerprint density at radius 1 is 1.11 bits per heavy atom. The lowest BCUT2D eigenvalue weighted by Gasteiger charge is -2.23. The average Bonchev–Trinajstić information content (AvgIpc) is 3.17. The number of carbonyl (C=O) groups excluding carboxylic acids is 3. The highest BCUT2D eigenvalue weighted by Gasteiger charge is 2.29. The highest BCUT2D eigenvalue weighted by molar-refractivity contribution is 6.18. The van der Waals surface area contributed by atoms with E-state index in [1.165, 1.54) is 6.92 Å². The quantitative estimate of drug-likeness (QED) is 0.258. The summed E-state index contributed by atoms with van der Waals surface area (Å²) in [6.07, 6.45) is 1.46. The molecule has 2 amide bonds. The largest absolute Gasteiger partial charge is 0.464 e. The molecule has 2 aromatic rings. The molecule has 1 aromatic carbocycles. The van der Waals surface area contributed by atoms with Gasteiger partial charge in [-0.25, -0.2) is 9.78 Å². The number of fused-ring (bicyclic) bond motifs is 1. The fourth-order valence-electron chi connectivity index (χ4n) is 4.13. The molecule has 0 bridgehead atoms. The monoisotopic (exact) mass is 555 g/mol. The molecule has 0 aliphatic carbocycles. The van der Waals surface area contributed by atoms with Crippen molar-refractivity contribution in [1.82, 2.24) is 20.2 Å². The number of nitrogens with zero attached hydrogens (tertiary/aromatic N) is 3. The summed E-state index contributed by atoms with van der Waals surface area (Å²) in [5.74, 6) is 0.483. The number of halogens is 2.